The number of aldehydes is 1. The highest BCUT2D eigenvalue weighted by molar-refractivity contribution is 14.2. The van der Waals surface area contributed by atoms with E-state index >= 15 is 0 Å². The number of carbonyl (C=O) groups is 1. The van der Waals surface area contributed by atoms with E-state index in [9.17, 15) is 4.79 Å². The second kappa shape index (κ2) is 5.02. The van der Waals surface area contributed by atoms with E-state index in [0.29, 0.717) is 5.92 Å². The molecule has 0 saturated carbocycles. The Bertz CT molecular complexity index is 574. The quantitative estimate of drug-likeness (QED) is 0.584. The maximum Gasteiger partial charge on any atom is 0.151 e. The number of benzene rings is 1. The van der Waals surface area contributed by atoms with Gasteiger partial charge in [-0.05, 0) is 30.0 Å². The number of aromatic nitrogens is 1. The molecule has 2 rings (SSSR count). The van der Waals surface area contributed by atoms with E-state index in [2.05, 4.69) is 52.0 Å². The lowest BCUT2D eigenvalue weighted by Crippen LogP contribution is -1.98. The fourth-order valence-corrected chi connectivity index (χ4v) is 3.62. The van der Waals surface area contributed by atoms with Crippen LogP contribution in [0.5, 0.6) is 0 Å². The molecule has 2 nitrogen and oxygen atoms in total. The number of aryl methyl sites for hydroxylation is 1. The van der Waals surface area contributed by atoms with Crippen LogP contribution in [0.15, 0.2) is 18.3 Å². The first-order chi connectivity index (χ1) is 8.10. The Kier molecular flexibility index (Phi) is 3.82. The summed E-state index contributed by atoms with van der Waals surface area (Å²) >= 11 is 2.25. The lowest BCUT2D eigenvalue weighted by Gasteiger charge is -2.13. The molecule has 0 radical (unpaired) electrons. The molecule has 0 atom stereocenters. The van der Waals surface area contributed by atoms with Crippen molar-refractivity contribution in [3.05, 3.63) is 35.0 Å². The van der Waals surface area contributed by atoms with Crippen LogP contribution < -0.4 is 0 Å². The fraction of sp³-hybridized carbons (Fsp3) is 0.308. The van der Waals surface area contributed by atoms with E-state index < -0.39 is 0 Å². The molecule has 17 heavy (non-hydrogen) atoms. The standard InChI is InChI=1S/C13H14INOS/c1-8(2)11-6-9(3)13-10(12(11)7-16)4-5-15(13)17-14/h4-8H,1-3H3. The van der Waals surface area contributed by atoms with Crippen LogP contribution >= 0.6 is 30.3 Å². The van der Waals surface area contributed by atoms with Crippen LogP contribution in [0, 0.1) is 6.92 Å². The van der Waals surface area contributed by atoms with Gasteiger partial charge in [-0.1, -0.05) is 19.9 Å². The molecule has 0 bridgehead atoms. The van der Waals surface area contributed by atoms with Crippen LogP contribution in [0.2, 0.25) is 0 Å². The lowest BCUT2D eigenvalue weighted by atomic mass is 9.93. The Balaban J connectivity index is 2.87. The van der Waals surface area contributed by atoms with Gasteiger partial charge in [-0.3, -0.25) is 8.77 Å². The summed E-state index contributed by atoms with van der Waals surface area (Å²) in [5, 5.41) is 1.06. The smallest absolute Gasteiger partial charge is 0.151 e. The van der Waals surface area contributed by atoms with Crippen molar-refractivity contribution in [3.63, 3.8) is 0 Å². The van der Waals surface area contributed by atoms with Crippen molar-refractivity contribution < 1.29 is 4.79 Å². The van der Waals surface area contributed by atoms with Crippen molar-refractivity contribution in [2.45, 2.75) is 26.7 Å². The zero-order valence-electron chi connectivity index (χ0n) is 10.0. The summed E-state index contributed by atoms with van der Waals surface area (Å²) in [5.41, 5.74) is 4.35. The van der Waals surface area contributed by atoms with E-state index in [0.717, 1.165) is 28.3 Å². The van der Waals surface area contributed by atoms with E-state index in [1.54, 1.807) is 9.12 Å². The Morgan fingerprint density at radius 3 is 2.71 bits per heavy atom. The summed E-state index contributed by atoms with van der Waals surface area (Å²) in [6, 6.07) is 4.17. The highest BCUT2D eigenvalue weighted by Gasteiger charge is 2.15. The first-order valence-electron chi connectivity index (χ1n) is 5.49. The van der Waals surface area contributed by atoms with Gasteiger partial charge in [0, 0.05) is 47.5 Å². The zero-order chi connectivity index (χ0) is 12.6. The van der Waals surface area contributed by atoms with E-state index in [1.165, 1.54) is 5.56 Å². The molecule has 1 heterocycles. The molecule has 90 valence electrons. The molecule has 0 fully saturated rings. The Morgan fingerprint density at radius 2 is 2.18 bits per heavy atom. The molecular formula is C13H14INOS. The first kappa shape index (κ1) is 13.0. The monoisotopic (exact) mass is 359 g/mol. The summed E-state index contributed by atoms with van der Waals surface area (Å²) < 4.78 is 2.10. The molecule has 0 spiro atoms. The molecule has 1 aromatic heterocycles. The van der Waals surface area contributed by atoms with Crippen LogP contribution in [-0.4, -0.2) is 10.3 Å². The number of nitrogens with zero attached hydrogens (tertiary/aromatic N) is 1. The van der Waals surface area contributed by atoms with E-state index in [4.69, 9.17) is 0 Å². The van der Waals surface area contributed by atoms with Crippen molar-refractivity contribution in [2.75, 3.05) is 0 Å². The summed E-state index contributed by atoms with van der Waals surface area (Å²) in [7, 11) is 1.62. The highest BCUT2D eigenvalue weighted by Crippen LogP contribution is 2.33. The topological polar surface area (TPSA) is 22.0 Å². The number of rotatable bonds is 3. The number of halogens is 1. The van der Waals surface area contributed by atoms with Crippen molar-refractivity contribution in [1.82, 2.24) is 3.97 Å². The zero-order valence-corrected chi connectivity index (χ0v) is 13.0. The minimum Gasteiger partial charge on any atom is -0.298 e. The number of fused-ring (bicyclic) bond motifs is 1. The largest absolute Gasteiger partial charge is 0.298 e. The molecule has 1 aromatic carbocycles. The van der Waals surface area contributed by atoms with Gasteiger partial charge < -0.3 is 0 Å². The van der Waals surface area contributed by atoms with Crippen molar-refractivity contribution >= 4 is 47.5 Å². The van der Waals surface area contributed by atoms with E-state index in [1.807, 2.05) is 12.3 Å². The van der Waals surface area contributed by atoms with Gasteiger partial charge in [-0.15, -0.1) is 0 Å². The average Bonchev–Trinajstić information content (AvgIpc) is 2.73. The summed E-state index contributed by atoms with van der Waals surface area (Å²) in [6.07, 6.45) is 3.01. The van der Waals surface area contributed by atoms with Crippen LogP contribution in [0.3, 0.4) is 0 Å². The Morgan fingerprint density at radius 1 is 1.47 bits per heavy atom. The fourth-order valence-electron chi connectivity index (χ4n) is 2.22. The van der Waals surface area contributed by atoms with Crippen molar-refractivity contribution in [1.29, 1.82) is 0 Å². The predicted octanol–water partition coefficient (Wildman–Crippen LogP) is 4.73. The third kappa shape index (κ3) is 2.12. The predicted molar refractivity (Wildman–Crippen MR) is 83.2 cm³/mol. The number of hydrogen-bond donors (Lipinski definition) is 0. The molecule has 0 aliphatic heterocycles. The second-order valence-corrected chi connectivity index (χ2v) is 6.15. The minimum atomic E-state index is 0.369. The molecule has 0 N–H and O–H groups in total. The molecular weight excluding hydrogens is 345 g/mol. The normalized spacial score (nSPS) is 11.4. The van der Waals surface area contributed by atoms with Crippen LogP contribution in [0.1, 0.15) is 41.3 Å². The molecule has 0 aliphatic carbocycles. The summed E-state index contributed by atoms with van der Waals surface area (Å²) in [6.45, 7) is 6.35. The third-order valence-corrected chi connectivity index (χ3v) is 4.74. The van der Waals surface area contributed by atoms with Gasteiger partial charge in [-0.2, -0.15) is 0 Å². The average molecular weight is 359 g/mol. The van der Waals surface area contributed by atoms with E-state index in [-0.39, 0.29) is 0 Å². The SMILES string of the molecule is Cc1cc(C(C)C)c(C=O)c2ccn(SI)c12. The first-order valence-corrected chi connectivity index (χ1v) is 8.80. The van der Waals surface area contributed by atoms with Crippen LogP contribution in [0.4, 0.5) is 0 Å². The van der Waals surface area contributed by atoms with Gasteiger partial charge >= 0.3 is 0 Å². The summed E-state index contributed by atoms with van der Waals surface area (Å²) in [4.78, 5) is 11.3. The second-order valence-electron chi connectivity index (χ2n) is 4.44. The molecule has 2 aromatic rings. The molecule has 0 amide bonds. The Labute approximate surface area is 117 Å². The highest BCUT2D eigenvalue weighted by atomic mass is 127. The third-order valence-electron chi connectivity index (χ3n) is 3.01. The van der Waals surface area contributed by atoms with Gasteiger partial charge in [0.25, 0.3) is 0 Å². The molecule has 0 unspecified atom stereocenters. The maximum absolute atomic E-state index is 11.3. The molecule has 0 aliphatic rings. The molecule has 4 heteroatoms. The van der Waals surface area contributed by atoms with Gasteiger partial charge in [-0.25, -0.2) is 0 Å². The van der Waals surface area contributed by atoms with Crippen LogP contribution in [0.25, 0.3) is 10.9 Å². The van der Waals surface area contributed by atoms with Gasteiger partial charge in [0.15, 0.2) is 6.29 Å². The van der Waals surface area contributed by atoms with Gasteiger partial charge in [0.05, 0.1) is 5.52 Å². The summed E-state index contributed by atoms with van der Waals surface area (Å²) in [5.74, 6) is 0.369. The number of hydrogen-bond acceptors (Lipinski definition) is 2. The van der Waals surface area contributed by atoms with Gasteiger partial charge in [0.2, 0.25) is 0 Å². The number of carbonyl (C=O) groups excluding carboxylic acids is 1. The Hall–Kier alpha value is -0.490. The van der Waals surface area contributed by atoms with Crippen LogP contribution in [-0.2, 0) is 0 Å². The van der Waals surface area contributed by atoms with Crippen molar-refractivity contribution in [2.24, 2.45) is 0 Å². The van der Waals surface area contributed by atoms with Crippen molar-refractivity contribution in [3.8, 4) is 0 Å². The lowest BCUT2D eigenvalue weighted by molar-refractivity contribution is 0.112. The maximum atomic E-state index is 11.3. The minimum absolute atomic E-state index is 0.369. The molecule has 0 saturated heterocycles. The van der Waals surface area contributed by atoms with Gasteiger partial charge in [0.1, 0.15) is 0 Å².